The van der Waals surface area contributed by atoms with Crippen LogP contribution in [-0.4, -0.2) is 51.0 Å². The van der Waals surface area contributed by atoms with E-state index in [0.29, 0.717) is 31.6 Å². The highest BCUT2D eigenvalue weighted by atomic mass is 32.2. The van der Waals surface area contributed by atoms with Crippen LogP contribution in [0.2, 0.25) is 0 Å². The van der Waals surface area contributed by atoms with Gasteiger partial charge in [-0.05, 0) is 86.6 Å². The van der Waals surface area contributed by atoms with Gasteiger partial charge in [0.1, 0.15) is 27.8 Å². The van der Waals surface area contributed by atoms with Gasteiger partial charge in [-0.1, -0.05) is 12.5 Å². The van der Waals surface area contributed by atoms with E-state index in [1.165, 1.54) is 7.11 Å². The minimum Gasteiger partial charge on any atom is -0.495 e. The third-order valence-electron chi connectivity index (χ3n) is 7.72. The lowest BCUT2D eigenvalue weighted by Crippen LogP contribution is -2.39. The summed E-state index contributed by atoms with van der Waals surface area (Å²) in [5, 5.41) is 0. The van der Waals surface area contributed by atoms with Crippen LogP contribution in [0.4, 0.5) is 14.9 Å². The van der Waals surface area contributed by atoms with Gasteiger partial charge >= 0.3 is 6.09 Å². The normalized spacial score (nSPS) is 18.3. The van der Waals surface area contributed by atoms with E-state index in [4.69, 9.17) is 9.47 Å². The molecule has 3 aliphatic rings. The van der Waals surface area contributed by atoms with Crippen LogP contribution in [0.1, 0.15) is 63.1 Å². The van der Waals surface area contributed by atoms with Crippen LogP contribution in [0.5, 0.6) is 5.75 Å². The lowest BCUT2D eigenvalue weighted by molar-refractivity contribution is -0.125. The fourth-order valence-corrected chi connectivity index (χ4v) is 6.87. The Morgan fingerprint density at radius 3 is 2.49 bits per heavy atom. The summed E-state index contributed by atoms with van der Waals surface area (Å²) in [5.41, 5.74) is 2.73. The summed E-state index contributed by atoms with van der Waals surface area (Å²) in [4.78, 5) is 27.2. The summed E-state index contributed by atoms with van der Waals surface area (Å²) in [6, 6.07) is 6.78. The lowest BCUT2D eigenvalue weighted by Gasteiger charge is -2.38. The Hall–Kier alpha value is -3.40. The smallest absolute Gasteiger partial charge is 0.410 e. The molecule has 1 spiro atoms. The number of hydrogen-bond donors (Lipinski definition) is 1. The van der Waals surface area contributed by atoms with E-state index in [1.54, 1.807) is 17.0 Å². The number of nitrogens with zero attached hydrogens (tertiary/aromatic N) is 1. The molecular formula is C29H33FN2O6S. The lowest BCUT2D eigenvalue weighted by atomic mass is 9.64. The molecule has 0 atom stereocenters. The van der Waals surface area contributed by atoms with Crippen LogP contribution in [0.3, 0.4) is 0 Å². The van der Waals surface area contributed by atoms with Gasteiger partial charge in [0.25, 0.3) is 10.0 Å². The third-order valence-corrected chi connectivity index (χ3v) is 9.14. The summed E-state index contributed by atoms with van der Waals surface area (Å²) in [6.45, 7) is 6.25. The molecule has 0 aromatic heterocycles. The van der Waals surface area contributed by atoms with Crippen LogP contribution in [0, 0.1) is 5.82 Å². The largest absolute Gasteiger partial charge is 0.495 e. The van der Waals surface area contributed by atoms with Crippen molar-refractivity contribution in [1.82, 2.24) is 4.90 Å². The van der Waals surface area contributed by atoms with Gasteiger partial charge in [0, 0.05) is 31.3 Å². The van der Waals surface area contributed by atoms with Crippen molar-refractivity contribution < 1.29 is 31.9 Å². The molecule has 0 saturated heterocycles. The van der Waals surface area contributed by atoms with E-state index in [9.17, 15) is 22.4 Å². The van der Waals surface area contributed by atoms with Gasteiger partial charge in [0.2, 0.25) is 0 Å². The van der Waals surface area contributed by atoms with Crippen molar-refractivity contribution in [2.24, 2.45) is 0 Å². The highest BCUT2D eigenvalue weighted by molar-refractivity contribution is 7.92. The monoisotopic (exact) mass is 556 g/mol. The number of carbonyl (C=O) groups excluding carboxylic acids is 2. The van der Waals surface area contributed by atoms with Crippen LogP contribution >= 0.6 is 0 Å². The first-order valence-corrected chi connectivity index (χ1v) is 14.6. The maximum absolute atomic E-state index is 13.7. The van der Waals surface area contributed by atoms with Gasteiger partial charge in [0.15, 0.2) is 0 Å². The van der Waals surface area contributed by atoms with Gasteiger partial charge in [0.05, 0.1) is 12.5 Å². The van der Waals surface area contributed by atoms with Crippen LogP contribution in [0.15, 0.2) is 41.3 Å². The molecule has 10 heteroatoms. The number of fused-ring (bicyclic) bond motifs is 2. The number of methoxy groups -OCH3 is 1. The van der Waals surface area contributed by atoms with Crippen molar-refractivity contribution in [3.8, 4) is 5.75 Å². The van der Waals surface area contributed by atoms with Gasteiger partial charge in [-0.3, -0.25) is 9.52 Å². The minimum atomic E-state index is -4.13. The number of sulfonamides is 1. The fourth-order valence-electron chi connectivity index (χ4n) is 5.67. The number of halogens is 1. The number of rotatable bonds is 5. The Morgan fingerprint density at radius 1 is 1.15 bits per heavy atom. The molecule has 0 radical (unpaired) electrons. The predicted octanol–water partition coefficient (Wildman–Crippen LogP) is 5.21. The molecule has 5 rings (SSSR count). The first-order valence-electron chi connectivity index (χ1n) is 13.1. The summed E-state index contributed by atoms with van der Waals surface area (Å²) < 4.78 is 53.7. The number of benzene rings is 2. The van der Waals surface area contributed by atoms with Crippen molar-refractivity contribution in [3.05, 3.63) is 58.9 Å². The Labute approximate surface area is 228 Å². The zero-order valence-electron chi connectivity index (χ0n) is 22.6. The van der Waals surface area contributed by atoms with E-state index in [-0.39, 0.29) is 22.5 Å². The van der Waals surface area contributed by atoms with E-state index < -0.39 is 26.9 Å². The Bertz CT molecular complexity index is 1490. The average Bonchev–Trinajstić information content (AvgIpc) is 3.14. The van der Waals surface area contributed by atoms with Crippen LogP contribution in [-0.2, 0) is 31.4 Å². The molecule has 1 saturated carbocycles. The summed E-state index contributed by atoms with van der Waals surface area (Å²) in [7, 11) is -2.85. The molecule has 1 fully saturated rings. The van der Waals surface area contributed by atoms with Crippen molar-refractivity contribution in [2.75, 3.05) is 24.9 Å². The Balaban J connectivity index is 1.52. The molecule has 1 heterocycles. The number of ketones is 1. The summed E-state index contributed by atoms with van der Waals surface area (Å²) in [6.07, 6.45) is 4.82. The molecule has 0 unspecified atom stereocenters. The molecule has 1 amide bonds. The highest BCUT2D eigenvalue weighted by Crippen LogP contribution is 2.53. The third kappa shape index (κ3) is 5.02. The summed E-state index contributed by atoms with van der Waals surface area (Å²) >= 11 is 0. The standard InChI is InChI=1S/C29H33FN2O6S/c1-28(2,3)38-27(34)32-12-8-18(9-13-32)21-15-20(16-23-22(21)17-26(33)29(23)10-5-11-29)31-39(35,36)25-7-6-19(30)14-24(25)37-4/h6-8,14-16,31H,5,9-13,17H2,1-4H3. The molecule has 1 N–H and O–H groups in total. The molecule has 8 nitrogen and oxygen atoms in total. The molecule has 2 aromatic carbocycles. The predicted molar refractivity (Wildman–Crippen MR) is 145 cm³/mol. The first kappa shape index (κ1) is 27.2. The number of amides is 1. The second-order valence-corrected chi connectivity index (χ2v) is 13.0. The van der Waals surface area contributed by atoms with Crippen LogP contribution in [0.25, 0.3) is 5.57 Å². The fraction of sp³-hybridized carbons (Fsp3) is 0.448. The van der Waals surface area contributed by atoms with Gasteiger partial charge in [-0.25, -0.2) is 17.6 Å². The number of ether oxygens (including phenoxy) is 2. The molecular weight excluding hydrogens is 523 g/mol. The highest BCUT2D eigenvalue weighted by Gasteiger charge is 2.51. The topological polar surface area (TPSA) is 102 Å². The van der Waals surface area contributed by atoms with E-state index >= 15 is 0 Å². The number of hydrogen-bond acceptors (Lipinski definition) is 6. The van der Waals surface area contributed by atoms with Gasteiger partial charge < -0.3 is 14.4 Å². The molecule has 208 valence electrons. The van der Waals surface area contributed by atoms with Gasteiger partial charge in [-0.15, -0.1) is 0 Å². The van der Waals surface area contributed by atoms with E-state index in [2.05, 4.69) is 4.72 Å². The Kier molecular flexibility index (Phi) is 6.73. The zero-order valence-corrected chi connectivity index (χ0v) is 23.4. The Morgan fingerprint density at radius 2 is 1.90 bits per heavy atom. The van der Waals surface area contributed by atoms with Gasteiger partial charge in [-0.2, -0.15) is 0 Å². The molecule has 0 bridgehead atoms. The van der Waals surface area contributed by atoms with Crippen molar-refractivity contribution >= 4 is 33.2 Å². The summed E-state index contributed by atoms with van der Waals surface area (Å²) in [5.74, 6) is -0.551. The molecule has 2 aromatic rings. The second kappa shape index (κ2) is 9.66. The maximum Gasteiger partial charge on any atom is 0.410 e. The molecule has 39 heavy (non-hydrogen) atoms. The minimum absolute atomic E-state index is 0.105. The van der Waals surface area contributed by atoms with Crippen molar-refractivity contribution in [2.45, 2.75) is 68.8 Å². The quantitative estimate of drug-likeness (QED) is 0.543. The van der Waals surface area contributed by atoms with E-state index in [0.717, 1.165) is 59.7 Å². The second-order valence-electron chi connectivity index (χ2n) is 11.4. The van der Waals surface area contributed by atoms with Crippen molar-refractivity contribution in [1.29, 1.82) is 0 Å². The van der Waals surface area contributed by atoms with E-state index in [1.807, 2.05) is 26.8 Å². The SMILES string of the molecule is COc1cc(F)ccc1S(=O)(=O)Nc1cc(C2=CCN(C(=O)OC(C)(C)C)CC2)c2c(c1)C1(CCC1)C(=O)C2. The number of carbonyl (C=O) groups is 2. The van der Waals surface area contributed by atoms with Crippen LogP contribution < -0.4 is 9.46 Å². The van der Waals surface area contributed by atoms with Crippen molar-refractivity contribution in [3.63, 3.8) is 0 Å². The average molecular weight is 557 g/mol. The molecule has 1 aliphatic heterocycles. The zero-order chi connectivity index (χ0) is 28.2. The number of nitrogens with one attached hydrogen (secondary N) is 1. The first-order chi connectivity index (χ1) is 18.3. The number of anilines is 1. The molecule has 2 aliphatic carbocycles. The maximum atomic E-state index is 13.7. The number of Topliss-reactive ketones (excluding diaryl/α,β-unsaturated/α-hetero) is 1.